The van der Waals surface area contributed by atoms with Crippen LogP contribution in [0.1, 0.15) is 57.4 Å². The van der Waals surface area contributed by atoms with Crippen molar-refractivity contribution in [2.24, 2.45) is 11.3 Å². The molecule has 0 saturated heterocycles. The SMILES string of the molecule is CCCNC(c1sccc1Br)C1CCCC1(C)C. The predicted octanol–water partition coefficient (Wildman–Crippen LogP) is 5.38. The summed E-state index contributed by atoms with van der Waals surface area (Å²) in [4.78, 5) is 1.49. The Bertz CT molecular complexity index is 386. The Balaban J connectivity index is 2.23. The maximum absolute atomic E-state index is 3.79. The Morgan fingerprint density at radius 3 is 2.83 bits per heavy atom. The fraction of sp³-hybridized carbons (Fsp3) is 0.733. The zero-order valence-corrected chi connectivity index (χ0v) is 14.0. The molecule has 0 spiro atoms. The zero-order chi connectivity index (χ0) is 13.2. The summed E-state index contributed by atoms with van der Waals surface area (Å²) in [6, 6.07) is 2.71. The van der Waals surface area contributed by atoms with Crippen LogP contribution >= 0.6 is 27.3 Å². The van der Waals surface area contributed by atoms with Crippen LogP contribution in [0, 0.1) is 11.3 Å². The molecule has 2 rings (SSSR count). The molecule has 1 saturated carbocycles. The van der Waals surface area contributed by atoms with Crippen molar-refractivity contribution < 1.29 is 0 Å². The fourth-order valence-corrected chi connectivity index (χ4v) is 4.98. The molecule has 0 aromatic carbocycles. The Labute approximate surface area is 123 Å². The number of rotatable bonds is 5. The second-order valence-electron chi connectivity index (χ2n) is 6.05. The van der Waals surface area contributed by atoms with Gasteiger partial charge in [0, 0.05) is 15.4 Å². The van der Waals surface area contributed by atoms with Gasteiger partial charge in [-0.3, -0.25) is 0 Å². The van der Waals surface area contributed by atoms with Crippen LogP contribution < -0.4 is 5.32 Å². The van der Waals surface area contributed by atoms with E-state index >= 15 is 0 Å². The van der Waals surface area contributed by atoms with Crippen molar-refractivity contribution in [3.05, 3.63) is 20.8 Å². The number of thiophene rings is 1. The smallest absolute Gasteiger partial charge is 0.0459 e. The molecule has 1 aliphatic rings. The molecule has 102 valence electrons. The van der Waals surface area contributed by atoms with Crippen LogP contribution in [0.3, 0.4) is 0 Å². The molecule has 1 N–H and O–H groups in total. The average molecular weight is 330 g/mol. The second-order valence-corrected chi connectivity index (χ2v) is 7.85. The molecule has 1 heterocycles. The second kappa shape index (κ2) is 6.06. The first kappa shape index (κ1) is 14.5. The maximum Gasteiger partial charge on any atom is 0.0459 e. The van der Waals surface area contributed by atoms with Crippen molar-refractivity contribution in [3.8, 4) is 0 Å². The predicted molar refractivity (Wildman–Crippen MR) is 84.2 cm³/mol. The van der Waals surface area contributed by atoms with Crippen molar-refractivity contribution >= 4 is 27.3 Å². The lowest BCUT2D eigenvalue weighted by Crippen LogP contribution is -2.34. The summed E-state index contributed by atoms with van der Waals surface area (Å²) in [5.74, 6) is 0.763. The summed E-state index contributed by atoms with van der Waals surface area (Å²) in [5.41, 5.74) is 0.467. The molecular weight excluding hydrogens is 306 g/mol. The van der Waals surface area contributed by atoms with E-state index < -0.39 is 0 Å². The molecule has 1 nitrogen and oxygen atoms in total. The molecule has 1 fully saturated rings. The van der Waals surface area contributed by atoms with Crippen LogP contribution in [0.2, 0.25) is 0 Å². The Morgan fingerprint density at radius 1 is 1.56 bits per heavy atom. The van der Waals surface area contributed by atoms with E-state index in [1.54, 1.807) is 0 Å². The normalized spacial score (nSPS) is 24.3. The van der Waals surface area contributed by atoms with E-state index in [4.69, 9.17) is 0 Å². The highest BCUT2D eigenvalue weighted by Crippen LogP contribution is 2.50. The molecule has 0 bridgehead atoms. The third-order valence-electron chi connectivity index (χ3n) is 4.28. The number of nitrogens with one attached hydrogen (secondary N) is 1. The summed E-state index contributed by atoms with van der Waals surface area (Å²) in [7, 11) is 0. The molecule has 1 aliphatic carbocycles. The van der Waals surface area contributed by atoms with Crippen molar-refractivity contribution in [2.75, 3.05) is 6.54 Å². The first-order chi connectivity index (χ1) is 8.56. The van der Waals surface area contributed by atoms with Gasteiger partial charge >= 0.3 is 0 Å². The van der Waals surface area contributed by atoms with Crippen LogP contribution in [-0.4, -0.2) is 6.54 Å². The molecule has 3 heteroatoms. The minimum absolute atomic E-state index is 0.467. The first-order valence-electron chi connectivity index (χ1n) is 7.02. The van der Waals surface area contributed by atoms with Gasteiger partial charge in [0.05, 0.1) is 0 Å². The summed E-state index contributed by atoms with van der Waals surface area (Å²) in [6.45, 7) is 8.23. The quantitative estimate of drug-likeness (QED) is 0.764. The lowest BCUT2D eigenvalue weighted by molar-refractivity contribution is 0.199. The van der Waals surface area contributed by atoms with E-state index in [1.807, 2.05) is 11.3 Å². The van der Waals surface area contributed by atoms with Gasteiger partial charge in [-0.2, -0.15) is 0 Å². The molecule has 2 unspecified atom stereocenters. The Hall–Kier alpha value is 0.140. The third-order valence-corrected chi connectivity index (χ3v) is 6.24. The monoisotopic (exact) mass is 329 g/mol. The highest BCUT2D eigenvalue weighted by molar-refractivity contribution is 9.10. The number of hydrogen-bond acceptors (Lipinski definition) is 2. The zero-order valence-electron chi connectivity index (χ0n) is 11.6. The maximum atomic E-state index is 3.79. The van der Waals surface area contributed by atoms with E-state index in [1.165, 1.54) is 35.0 Å². The van der Waals surface area contributed by atoms with Gasteiger partial charge in [0.1, 0.15) is 0 Å². The van der Waals surface area contributed by atoms with Gasteiger partial charge in [-0.1, -0.05) is 27.2 Å². The first-order valence-corrected chi connectivity index (χ1v) is 8.70. The lowest BCUT2D eigenvalue weighted by atomic mass is 9.77. The largest absolute Gasteiger partial charge is 0.309 e. The number of hydrogen-bond donors (Lipinski definition) is 1. The van der Waals surface area contributed by atoms with E-state index in [9.17, 15) is 0 Å². The molecular formula is C15H24BrNS. The van der Waals surface area contributed by atoms with Crippen molar-refractivity contribution in [3.63, 3.8) is 0 Å². The van der Waals surface area contributed by atoms with Gasteiger partial charge in [-0.15, -0.1) is 11.3 Å². The fourth-order valence-electron chi connectivity index (χ4n) is 3.22. The molecule has 18 heavy (non-hydrogen) atoms. The van der Waals surface area contributed by atoms with Crippen LogP contribution in [0.4, 0.5) is 0 Å². The number of halogens is 1. The van der Waals surface area contributed by atoms with Crippen LogP contribution in [0.15, 0.2) is 15.9 Å². The summed E-state index contributed by atoms with van der Waals surface area (Å²) in [6.07, 6.45) is 5.31. The van der Waals surface area contributed by atoms with Gasteiger partial charge in [0.2, 0.25) is 0 Å². The van der Waals surface area contributed by atoms with Crippen molar-refractivity contribution in [1.82, 2.24) is 5.32 Å². The Kier molecular flexibility index (Phi) is 4.90. The third kappa shape index (κ3) is 3.00. The van der Waals surface area contributed by atoms with E-state index in [2.05, 4.69) is 53.5 Å². The lowest BCUT2D eigenvalue weighted by Gasteiger charge is -2.34. The highest BCUT2D eigenvalue weighted by atomic mass is 79.9. The van der Waals surface area contributed by atoms with Gasteiger partial charge < -0.3 is 5.32 Å². The van der Waals surface area contributed by atoms with Gasteiger partial charge in [0.25, 0.3) is 0 Å². The molecule has 0 amide bonds. The Morgan fingerprint density at radius 2 is 2.33 bits per heavy atom. The van der Waals surface area contributed by atoms with Crippen molar-refractivity contribution in [1.29, 1.82) is 0 Å². The minimum atomic E-state index is 0.467. The molecule has 0 radical (unpaired) electrons. The molecule has 1 aromatic heterocycles. The van der Waals surface area contributed by atoms with Gasteiger partial charge in [-0.25, -0.2) is 0 Å². The minimum Gasteiger partial charge on any atom is -0.309 e. The van der Waals surface area contributed by atoms with E-state index in [0.717, 1.165) is 12.5 Å². The topological polar surface area (TPSA) is 12.0 Å². The van der Waals surface area contributed by atoms with Crippen molar-refractivity contribution in [2.45, 2.75) is 52.5 Å². The molecule has 2 atom stereocenters. The van der Waals surface area contributed by atoms with E-state index in [-0.39, 0.29) is 0 Å². The van der Waals surface area contributed by atoms with Crippen LogP contribution in [0.25, 0.3) is 0 Å². The average Bonchev–Trinajstić information content (AvgIpc) is 2.87. The standard InChI is InChI=1S/C15H24BrNS/c1-4-9-17-13(14-12(16)7-10-18-14)11-6-5-8-15(11,2)3/h7,10-11,13,17H,4-6,8-9H2,1-3H3. The van der Waals surface area contributed by atoms with E-state index in [0.29, 0.717) is 11.5 Å². The van der Waals surface area contributed by atoms with Crippen LogP contribution in [0.5, 0.6) is 0 Å². The van der Waals surface area contributed by atoms with Crippen LogP contribution in [-0.2, 0) is 0 Å². The summed E-state index contributed by atoms with van der Waals surface area (Å²) >= 11 is 5.60. The summed E-state index contributed by atoms with van der Waals surface area (Å²) in [5, 5.41) is 5.99. The van der Waals surface area contributed by atoms with Gasteiger partial charge in [-0.05, 0) is 64.5 Å². The summed E-state index contributed by atoms with van der Waals surface area (Å²) < 4.78 is 1.28. The molecule has 0 aliphatic heterocycles. The highest BCUT2D eigenvalue weighted by Gasteiger charge is 2.40. The molecule has 1 aromatic rings. The van der Waals surface area contributed by atoms with Gasteiger partial charge in [0.15, 0.2) is 0 Å².